The van der Waals surface area contributed by atoms with Gasteiger partial charge in [0.25, 0.3) is 5.91 Å². The van der Waals surface area contributed by atoms with E-state index in [0.29, 0.717) is 5.82 Å². The molecule has 2 aliphatic rings. The van der Waals surface area contributed by atoms with Crippen molar-refractivity contribution in [3.05, 3.63) is 58.9 Å². The molecule has 1 aliphatic carbocycles. The zero-order valence-corrected chi connectivity index (χ0v) is 15.6. The summed E-state index contributed by atoms with van der Waals surface area (Å²) in [6.45, 7) is 4.88. The number of amides is 1. The molecule has 5 nitrogen and oxygen atoms in total. The molecule has 1 spiro atoms. The first-order valence-electron chi connectivity index (χ1n) is 9.55. The molecule has 1 aromatic carbocycles. The van der Waals surface area contributed by atoms with Crippen molar-refractivity contribution in [2.75, 3.05) is 6.54 Å². The monoisotopic (exact) mass is 358 g/mol. The normalized spacial score (nSPS) is 16.9. The fourth-order valence-electron chi connectivity index (χ4n) is 3.93. The standard InChI is InChI=1S/C22H22N4O/c1-3-14-4-6-15(7-5-14)20-23-11-13(2)18(26-20)17-10-16-19(25-17)22(8-9-22)12-24-21(16)27/h4-7,10-11,25H,3,8-9,12H2,1-2H3,(H,24,27). The number of rotatable bonds is 3. The highest BCUT2D eigenvalue weighted by Gasteiger charge is 2.50. The number of nitrogens with zero attached hydrogens (tertiary/aromatic N) is 2. The Kier molecular flexibility index (Phi) is 3.47. The molecular weight excluding hydrogens is 336 g/mol. The number of hydrogen-bond donors (Lipinski definition) is 2. The summed E-state index contributed by atoms with van der Waals surface area (Å²) in [4.78, 5) is 25.2. The van der Waals surface area contributed by atoms with Crippen LogP contribution in [0.2, 0.25) is 0 Å². The van der Waals surface area contributed by atoms with Gasteiger partial charge < -0.3 is 10.3 Å². The highest BCUT2D eigenvalue weighted by molar-refractivity contribution is 5.98. The highest BCUT2D eigenvalue weighted by Crippen LogP contribution is 2.50. The van der Waals surface area contributed by atoms with Crippen molar-refractivity contribution in [3.8, 4) is 22.8 Å². The maximum Gasteiger partial charge on any atom is 0.253 e. The first-order chi connectivity index (χ1) is 13.1. The average Bonchev–Trinajstić information content (AvgIpc) is 3.33. The van der Waals surface area contributed by atoms with Gasteiger partial charge in [0.1, 0.15) is 0 Å². The number of carbonyl (C=O) groups is 1. The van der Waals surface area contributed by atoms with Crippen molar-refractivity contribution in [2.24, 2.45) is 0 Å². The van der Waals surface area contributed by atoms with Crippen LogP contribution in [0.1, 0.15) is 46.9 Å². The van der Waals surface area contributed by atoms with E-state index in [1.807, 2.05) is 19.2 Å². The Labute approximate surface area is 158 Å². The van der Waals surface area contributed by atoms with Crippen molar-refractivity contribution >= 4 is 5.91 Å². The molecule has 1 aliphatic heterocycles. The highest BCUT2D eigenvalue weighted by atomic mass is 16.1. The van der Waals surface area contributed by atoms with Crippen LogP contribution in [-0.4, -0.2) is 27.4 Å². The number of carbonyl (C=O) groups excluding carboxylic acids is 1. The summed E-state index contributed by atoms with van der Waals surface area (Å²) in [5.41, 5.74) is 7.00. The van der Waals surface area contributed by atoms with Crippen LogP contribution < -0.4 is 5.32 Å². The Balaban J connectivity index is 1.58. The molecule has 5 heteroatoms. The molecule has 2 aromatic heterocycles. The van der Waals surface area contributed by atoms with Gasteiger partial charge in [0, 0.05) is 29.4 Å². The van der Waals surface area contributed by atoms with Crippen LogP contribution in [0, 0.1) is 6.92 Å². The second-order valence-corrected chi connectivity index (χ2v) is 7.71. The number of aryl methyl sites for hydroxylation is 2. The lowest BCUT2D eigenvalue weighted by Gasteiger charge is -2.21. The third-order valence-electron chi connectivity index (χ3n) is 5.88. The van der Waals surface area contributed by atoms with E-state index in [9.17, 15) is 4.79 Å². The Morgan fingerprint density at radius 3 is 2.67 bits per heavy atom. The number of aromatic nitrogens is 3. The largest absolute Gasteiger partial charge is 0.356 e. The molecule has 1 amide bonds. The molecule has 0 atom stereocenters. The number of benzene rings is 1. The molecule has 1 fully saturated rings. The van der Waals surface area contributed by atoms with Crippen molar-refractivity contribution in [1.82, 2.24) is 20.3 Å². The van der Waals surface area contributed by atoms with E-state index in [0.717, 1.165) is 59.6 Å². The van der Waals surface area contributed by atoms with Gasteiger partial charge in [-0.05, 0) is 43.4 Å². The van der Waals surface area contributed by atoms with E-state index >= 15 is 0 Å². The van der Waals surface area contributed by atoms with E-state index in [4.69, 9.17) is 4.98 Å². The van der Waals surface area contributed by atoms with Gasteiger partial charge in [-0.2, -0.15) is 0 Å². The van der Waals surface area contributed by atoms with E-state index in [1.165, 1.54) is 5.56 Å². The van der Waals surface area contributed by atoms with Crippen molar-refractivity contribution in [3.63, 3.8) is 0 Å². The Bertz CT molecular complexity index is 1040. The minimum Gasteiger partial charge on any atom is -0.356 e. The van der Waals surface area contributed by atoms with E-state index in [-0.39, 0.29) is 11.3 Å². The van der Waals surface area contributed by atoms with Gasteiger partial charge in [-0.25, -0.2) is 9.97 Å². The molecule has 0 bridgehead atoms. The maximum absolute atomic E-state index is 12.3. The molecule has 0 saturated heterocycles. The lowest BCUT2D eigenvalue weighted by Crippen LogP contribution is -2.38. The number of H-pyrrole nitrogens is 1. The predicted molar refractivity (Wildman–Crippen MR) is 105 cm³/mol. The van der Waals surface area contributed by atoms with Crippen molar-refractivity contribution in [1.29, 1.82) is 0 Å². The third-order valence-corrected chi connectivity index (χ3v) is 5.88. The minimum absolute atomic E-state index is 0.00659. The van der Waals surface area contributed by atoms with Gasteiger partial charge in [-0.15, -0.1) is 0 Å². The number of aromatic amines is 1. The van der Waals surface area contributed by atoms with Crippen LogP contribution in [0.25, 0.3) is 22.8 Å². The van der Waals surface area contributed by atoms with Crippen LogP contribution >= 0.6 is 0 Å². The molecule has 3 heterocycles. The third kappa shape index (κ3) is 2.57. The lowest BCUT2D eigenvalue weighted by molar-refractivity contribution is 0.0937. The fraction of sp³-hybridized carbons (Fsp3) is 0.318. The van der Waals surface area contributed by atoms with Crippen LogP contribution in [0.3, 0.4) is 0 Å². The van der Waals surface area contributed by atoms with Gasteiger partial charge in [-0.3, -0.25) is 4.79 Å². The first-order valence-corrected chi connectivity index (χ1v) is 9.55. The van der Waals surface area contributed by atoms with Crippen LogP contribution in [0.15, 0.2) is 36.5 Å². The van der Waals surface area contributed by atoms with Gasteiger partial charge in [0.05, 0.1) is 17.0 Å². The van der Waals surface area contributed by atoms with Crippen LogP contribution in [-0.2, 0) is 11.8 Å². The first kappa shape index (κ1) is 16.2. The zero-order valence-electron chi connectivity index (χ0n) is 15.6. The van der Waals surface area contributed by atoms with Gasteiger partial charge >= 0.3 is 0 Å². The van der Waals surface area contributed by atoms with Gasteiger partial charge in [0.15, 0.2) is 5.82 Å². The van der Waals surface area contributed by atoms with Gasteiger partial charge in [-0.1, -0.05) is 31.2 Å². The number of fused-ring (bicyclic) bond motifs is 2. The van der Waals surface area contributed by atoms with Crippen LogP contribution in [0.4, 0.5) is 0 Å². The summed E-state index contributed by atoms with van der Waals surface area (Å²) < 4.78 is 0. The topological polar surface area (TPSA) is 70.7 Å². The SMILES string of the molecule is CCc1ccc(-c2ncc(C)c(-c3cc4c([nH]3)C3(CC3)CNC4=O)n2)cc1. The summed E-state index contributed by atoms with van der Waals surface area (Å²) in [7, 11) is 0. The van der Waals surface area contributed by atoms with Crippen molar-refractivity contribution < 1.29 is 4.79 Å². The summed E-state index contributed by atoms with van der Waals surface area (Å²) in [5.74, 6) is 0.712. The second kappa shape index (κ2) is 5.78. The fourth-order valence-corrected chi connectivity index (χ4v) is 3.93. The Morgan fingerprint density at radius 2 is 1.96 bits per heavy atom. The quantitative estimate of drug-likeness (QED) is 0.748. The Hall–Kier alpha value is -2.95. The van der Waals surface area contributed by atoms with E-state index in [2.05, 4.69) is 46.5 Å². The maximum atomic E-state index is 12.3. The molecular formula is C22H22N4O. The minimum atomic E-state index is 0.00659. The predicted octanol–water partition coefficient (Wildman–Crippen LogP) is 3.78. The number of hydrogen-bond acceptors (Lipinski definition) is 3. The zero-order chi connectivity index (χ0) is 18.6. The van der Waals surface area contributed by atoms with Gasteiger partial charge in [0.2, 0.25) is 0 Å². The summed E-state index contributed by atoms with van der Waals surface area (Å²) >= 11 is 0. The average molecular weight is 358 g/mol. The Morgan fingerprint density at radius 1 is 1.19 bits per heavy atom. The summed E-state index contributed by atoms with van der Waals surface area (Å²) in [6, 6.07) is 10.3. The second-order valence-electron chi connectivity index (χ2n) is 7.71. The molecule has 5 rings (SSSR count). The molecule has 0 radical (unpaired) electrons. The lowest BCUT2D eigenvalue weighted by atomic mass is 9.95. The molecule has 2 N–H and O–H groups in total. The van der Waals surface area contributed by atoms with E-state index < -0.39 is 0 Å². The van der Waals surface area contributed by atoms with E-state index in [1.54, 1.807) is 0 Å². The van der Waals surface area contributed by atoms with Crippen LogP contribution in [0.5, 0.6) is 0 Å². The number of nitrogens with one attached hydrogen (secondary N) is 2. The summed E-state index contributed by atoms with van der Waals surface area (Å²) in [5, 5.41) is 3.03. The smallest absolute Gasteiger partial charge is 0.253 e. The summed E-state index contributed by atoms with van der Waals surface area (Å²) in [6.07, 6.45) is 5.12. The van der Waals surface area contributed by atoms with Crippen molar-refractivity contribution in [2.45, 2.75) is 38.5 Å². The molecule has 3 aromatic rings. The molecule has 136 valence electrons. The molecule has 1 saturated carbocycles. The molecule has 0 unspecified atom stereocenters. The molecule has 27 heavy (non-hydrogen) atoms.